The maximum absolute atomic E-state index is 12.8. The number of carbonyl (C=O) groups excluding carboxylic acids is 1. The fourth-order valence-corrected chi connectivity index (χ4v) is 5.35. The standard InChI is InChI=1S/C26H31N5OS/c1-6-7-8-9-13-22-29-31-24(27)21(25(32)28-26(31)33-22)15-20-14-18(4)30(19(20)5)23-16(2)11-10-12-17(23)3/h10-12,14-15,27H,6-9,13H2,1-5H3. The van der Waals surface area contributed by atoms with Crippen molar-refractivity contribution < 1.29 is 4.79 Å². The predicted molar refractivity (Wildman–Crippen MR) is 138 cm³/mol. The Morgan fingerprint density at radius 2 is 1.82 bits per heavy atom. The number of nitrogens with zero attached hydrogens (tertiary/aromatic N) is 4. The van der Waals surface area contributed by atoms with E-state index in [-0.39, 0.29) is 17.3 Å². The molecular formula is C26H31N5OS. The van der Waals surface area contributed by atoms with Crippen LogP contribution in [0, 0.1) is 33.1 Å². The number of hydrazone groups is 1. The number of carbonyl (C=O) groups is 1. The van der Waals surface area contributed by atoms with Crippen LogP contribution in [-0.2, 0) is 4.79 Å². The molecular weight excluding hydrogens is 430 g/mol. The summed E-state index contributed by atoms with van der Waals surface area (Å²) in [6, 6.07) is 8.35. The maximum Gasteiger partial charge on any atom is 0.283 e. The van der Waals surface area contributed by atoms with Crippen molar-refractivity contribution in [2.45, 2.75) is 66.7 Å². The summed E-state index contributed by atoms with van der Waals surface area (Å²) in [7, 11) is 0. The summed E-state index contributed by atoms with van der Waals surface area (Å²) in [6.07, 6.45) is 7.28. The lowest BCUT2D eigenvalue weighted by Gasteiger charge is -2.20. The van der Waals surface area contributed by atoms with E-state index in [4.69, 9.17) is 5.41 Å². The number of aromatic nitrogens is 1. The minimum atomic E-state index is -0.377. The molecule has 2 aliphatic heterocycles. The first-order chi connectivity index (χ1) is 15.8. The molecule has 2 aromatic rings. The zero-order valence-electron chi connectivity index (χ0n) is 20.0. The third-order valence-corrected chi connectivity index (χ3v) is 7.14. The Balaban J connectivity index is 1.64. The van der Waals surface area contributed by atoms with Gasteiger partial charge in [-0.2, -0.15) is 15.1 Å². The smallest absolute Gasteiger partial charge is 0.283 e. The van der Waals surface area contributed by atoms with E-state index in [1.807, 2.05) is 0 Å². The Kier molecular flexibility index (Phi) is 6.70. The van der Waals surface area contributed by atoms with Crippen LogP contribution < -0.4 is 0 Å². The molecule has 0 spiro atoms. The number of thioether (sulfide) groups is 1. The van der Waals surface area contributed by atoms with Crippen LogP contribution in [0.25, 0.3) is 11.8 Å². The number of benzene rings is 1. The monoisotopic (exact) mass is 461 g/mol. The molecule has 0 radical (unpaired) electrons. The summed E-state index contributed by atoms with van der Waals surface area (Å²) in [6.45, 7) is 10.5. The molecule has 0 atom stereocenters. The number of nitrogens with one attached hydrogen (secondary N) is 1. The normalized spacial score (nSPS) is 17.0. The third-order valence-electron chi connectivity index (χ3n) is 6.17. The van der Waals surface area contributed by atoms with E-state index in [1.165, 1.54) is 47.2 Å². The molecule has 0 saturated heterocycles. The average molecular weight is 462 g/mol. The minimum absolute atomic E-state index is 0.0953. The predicted octanol–water partition coefficient (Wildman–Crippen LogP) is 6.30. The Labute approximate surface area is 200 Å². The van der Waals surface area contributed by atoms with Gasteiger partial charge in [-0.15, -0.1) is 0 Å². The lowest BCUT2D eigenvalue weighted by Crippen LogP contribution is -2.35. The molecule has 6 nitrogen and oxygen atoms in total. The zero-order chi connectivity index (χ0) is 23.7. The summed E-state index contributed by atoms with van der Waals surface area (Å²) >= 11 is 1.41. The molecule has 4 rings (SSSR count). The number of unbranched alkanes of at least 4 members (excludes halogenated alkanes) is 3. The molecule has 1 N–H and O–H groups in total. The van der Waals surface area contributed by atoms with E-state index in [2.05, 4.69) is 73.5 Å². The molecule has 172 valence electrons. The lowest BCUT2D eigenvalue weighted by atomic mass is 10.1. The highest BCUT2D eigenvalue weighted by Crippen LogP contribution is 2.32. The molecule has 33 heavy (non-hydrogen) atoms. The van der Waals surface area contributed by atoms with Crippen LogP contribution >= 0.6 is 11.8 Å². The van der Waals surface area contributed by atoms with Crippen LogP contribution in [0.4, 0.5) is 0 Å². The van der Waals surface area contributed by atoms with Crippen molar-refractivity contribution in [3.05, 3.63) is 57.9 Å². The van der Waals surface area contributed by atoms with Crippen molar-refractivity contribution in [2.24, 2.45) is 10.1 Å². The number of para-hydroxylation sites is 1. The molecule has 0 fully saturated rings. The van der Waals surface area contributed by atoms with Gasteiger partial charge in [-0.25, -0.2) is 0 Å². The van der Waals surface area contributed by atoms with Gasteiger partial charge in [0.2, 0.25) is 5.17 Å². The topological polar surface area (TPSA) is 73.8 Å². The van der Waals surface area contributed by atoms with E-state index in [9.17, 15) is 4.79 Å². The van der Waals surface area contributed by atoms with Crippen LogP contribution in [-0.4, -0.2) is 31.5 Å². The number of aliphatic imine (C=N–C) groups is 1. The third kappa shape index (κ3) is 4.47. The van der Waals surface area contributed by atoms with Gasteiger partial charge in [0.1, 0.15) is 5.04 Å². The molecule has 0 saturated carbocycles. The second kappa shape index (κ2) is 9.51. The molecule has 1 aromatic heterocycles. The average Bonchev–Trinajstić information content (AvgIpc) is 3.29. The quantitative estimate of drug-likeness (QED) is 0.388. The van der Waals surface area contributed by atoms with Crippen LogP contribution in [0.2, 0.25) is 0 Å². The first-order valence-electron chi connectivity index (χ1n) is 11.6. The number of aryl methyl sites for hydroxylation is 3. The SMILES string of the molecule is CCCCCCC1=NN2C(=N)C(=Cc3cc(C)n(-c4c(C)cccc4C)c3C)C(=O)N=C2S1. The summed E-state index contributed by atoms with van der Waals surface area (Å²) in [5.41, 5.74) is 6.86. The van der Waals surface area contributed by atoms with Gasteiger partial charge in [-0.1, -0.05) is 44.4 Å². The van der Waals surface area contributed by atoms with Gasteiger partial charge in [-0.3, -0.25) is 10.2 Å². The van der Waals surface area contributed by atoms with E-state index in [0.29, 0.717) is 5.17 Å². The molecule has 7 heteroatoms. The van der Waals surface area contributed by atoms with E-state index >= 15 is 0 Å². The fourth-order valence-electron chi connectivity index (χ4n) is 4.43. The Morgan fingerprint density at radius 3 is 2.52 bits per heavy atom. The number of hydrogen-bond donors (Lipinski definition) is 1. The van der Waals surface area contributed by atoms with Gasteiger partial charge in [0.15, 0.2) is 5.84 Å². The fraction of sp³-hybridized carbons (Fsp3) is 0.385. The molecule has 1 amide bonds. The van der Waals surface area contributed by atoms with Gasteiger partial charge in [0, 0.05) is 11.4 Å². The highest BCUT2D eigenvalue weighted by molar-refractivity contribution is 8.26. The van der Waals surface area contributed by atoms with E-state index in [0.717, 1.165) is 40.5 Å². The summed E-state index contributed by atoms with van der Waals surface area (Å²) in [5, 5.41) is 16.2. The van der Waals surface area contributed by atoms with Crippen LogP contribution in [0.1, 0.15) is 67.1 Å². The maximum atomic E-state index is 12.8. The van der Waals surface area contributed by atoms with Crippen LogP contribution in [0.5, 0.6) is 0 Å². The van der Waals surface area contributed by atoms with Crippen LogP contribution in [0.15, 0.2) is 39.9 Å². The number of rotatable bonds is 7. The first-order valence-corrected chi connectivity index (χ1v) is 12.4. The minimum Gasteiger partial charge on any atom is -0.317 e. The molecule has 1 aromatic carbocycles. The van der Waals surface area contributed by atoms with E-state index < -0.39 is 0 Å². The number of fused-ring (bicyclic) bond motifs is 1. The number of amides is 1. The van der Waals surface area contributed by atoms with Crippen molar-refractivity contribution in [1.29, 1.82) is 5.41 Å². The largest absolute Gasteiger partial charge is 0.317 e. The van der Waals surface area contributed by atoms with Gasteiger partial charge in [0.05, 0.1) is 11.3 Å². The number of hydrogen-bond acceptors (Lipinski definition) is 4. The van der Waals surface area contributed by atoms with Crippen molar-refractivity contribution in [3.8, 4) is 5.69 Å². The number of amidine groups is 2. The van der Waals surface area contributed by atoms with Gasteiger partial charge in [-0.05, 0) is 81.1 Å². The second-order valence-corrected chi connectivity index (χ2v) is 9.77. The first kappa shape index (κ1) is 23.2. The summed E-state index contributed by atoms with van der Waals surface area (Å²) < 4.78 is 2.22. The summed E-state index contributed by atoms with van der Waals surface area (Å²) in [5.74, 6) is -0.281. The van der Waals surface area contributed by atoms with Gasteiger partial charge < -0.3 is 4.57 Å². The molecule has 0 bridgehead atoms. The summed E-state index contributed by atoms with van der Waals surface area (Å²) in [4.78, 5) is 17.1. The molecule has 3 heterocycles. The van der Waals surface area contributed by atoms with Crippen molar-refractivity contribution in [1.82, 2.24) is 9.58 Å². The zero-order valence-corrected chi connectivity index (χ0v) is 20.8. The van der Waals surface area contributed by atoms with Crippen molar-refractivity contribution >= 4 is 39.8 Å². The molecule has 0 unspecified atom stereocenters. The van der Waals surface area contributed by atoms with Gasteiger partial charge in [0.25, 0.3) is 5.91 Å². The van der Waals surface area contributed by atoms with Crippen molar-refractivity contribution in [3.63, 3.8) is 0 Å². The van der Waals surface area contributed by atoms with Crippen molar-refractivity contribution in [2.75, 3.05) is 0 Å². The van der Waals surface area contributed by atoms with Crippen LogP contribution in [0.3, 0.4) is 0 Å². The Bertz CT molecular complexity index is 1200. The molecule has 2 aliphatic rings. The highest BCUT2D eigenvalue weighted by Gasteiger charge is 2.35. The highest BCUT2D eigenvalue weighted by atomic mass is 32.2. The molecule has 0 aliphatic carbocycles. The van der Waals surface area contributed by atoms with Gasteiger partial charge >= 0.3 is 0 Å². The Morgan fingerprint density at radius 1 is 1.09 bits per heavy atom. The van der Waals surface area contributed by atoms with E-state index in [1.54, 1.807) is 6.08 Å². The second-order valence-electron chi connectivity index (χ2n) is 8.73. The Hall–Kier alpha value is -2.93. The lowest BCUT2D eigenvalue weighted by molar-refractivity contribution is -0.114.